The highest BCUT2D eigenvalue weighted by molar-refractivity contribution is 7.89. The van der Waals surface area contributed by atoms with E-state index in [2.05, 4.69) is 16.1 Å². The van der Waals surface area contributed by atoms with Crippen LogP contribution in [0, 0.1) is 5.82 Å². The lowest BCUT2D eigenvalue weighted by Crippen LogP contribution is -2.43. The van der Waals surface area contributed by atoms with Gasteiger partial charge in [0.15, 0.2) is 0 Å². The van der Waals surface area contributed by atoms with Gasteiger partial charge < -0.3 is 5.32 Å². The van der Waals surface area contributed by atoms with Crippen LogP contribution in [-0.4, -0.2) is 27.4 Å². The molecule has 1 aliphatic rings. The van der Waals surface area contributed by atoms with Crippen molar-refractivity contribution in [2.45, 2.75) is 36.0 Å². The Kier molecular flexibility index (Phi) is 5.74. The zero-order valence-corrected chi connectivity index (χ0v) is 15.8. The first-order valence-corrected chi connectivity index (χ1v) is 10.8. The zero-order valence-electron chi connectivity index (χ0n) is 14.2. The third-order valence-corrected chi connectivity index (χ3v) is 7.33. The normalized spacial score (nSPS) is 16.5. The fraction of sp³-hybridized carbons (Fsp3) is 0.389. The molecule has 0 bridgehead atoms. The van der Waals surface area contributed by atoms with Gasteiger partial charge in [0.25, 0.3) is 0 Å². The predicted molar refractivity (Wildman–Crippen MR) is 99.1 cm³/mol. The fourth-order valence-corrected chi connectivity index (χ4v) is 5.42. The van der Waals surface area contributed by atoms with Crippen molar-refractivity contribution in [1.82, 2.24) is 10.0 Å². The lowest BCUT2D eigenvalue weighted by atomic mass is 9.84. The number of halogens is 1. The van der Waals surface area contributed by atoms with E-state index >= 15 is 0 Å². The molecule has 1 aromatic heterocycles. The molecule has 8 heteroatoms. The van der Waals surface area contributed by atoms with E-state index in [1.54, 1.807) is 11.3 Å². The SMILES string of the molecule is O=C(CNS(=O)(=O)c1ccccc1F)NCC1(c2cccs2)CCCC1. The van der Waals surface area contributed by atoms with Crippen LogP contribution in [-0.2, 0) is 20.2 Å². The molecule has 1 heterocycles. The molecule has 0 unspecified atom stereocenters. The Labute approximate surface area is 156 Å². The highest BCUT2D eigenvalue weighted by atomic mass is 32.2. The van der Waals surface area contributed by atoms with E-state index in [0.717, 1.165) is 31.7 Å². The molecule has 3 rings (SSSR count). The van der Waals surface area contributed by atoms with Gasteiger partial charge in [0, 0.05) is 16.8 Å². The molecule has 1 aromatic carbocycles. The van der Waals surface area contributed by atoms with Gasteiger partial charge in [-0.25, -0.2) is 17.5 Å². The fourth-order valence-electron chi connectivity index (χ4n) is 3.37. The molecule has 1 fully saturated rings. The number of hydrogen-bond donors (Lipinski definition) is 2. The van der Waals surface area contributed by atoms with Crippen molar-refractivity contribution in [3.8, 4) is 0 Å². The molecule has 0 radical (unpaired) electrons. The van der Waals surface area contributed by atoms with Crippen LogP contribution in [0.15, 0.2) is 46.7 Å². The number of carbonyl (C=O) groups excluding carboxylic acids is 1. The summed E-state index contributed by atoms with van der Waals surface area (Å²) < 4.78 is 40.1. The summed E-state index contributed by atoms with van der Waals surface area (Å²) >= 11 is 1.68. The van der Waals surface area contributed by atoms with Crippen LogP contribution < -0.4 is 10.0 Å². The van der Waals surface area contributed by atoms with E-state index in [0.29, 0.717) is 6.54 Å². The molecule has 0 aliphatic heterocycles. The van der Waals surface area contributed by atoms with Gasteiger partial charge >= 0.3 is 0 Å². The molecule has 140 valence electrons. The Hall–Kier alpha value is -1.77. The molecule has 2 aromatic rings. The van der Waals surface area contributed by atoms with Crippen LogP contribution in [0.2, 0.25) is 0 Å². The molecule has 1 amide bonds. The number of amides is 1. The lowest BCUT2D eigenvalue weighted by Gasteiger charge is -2.28. The Bertz CT molecular complexity index is 860. The molecular weight excluding hydrogens is 375 g/mol. The molecule has 0 saturated heterocycles. The summed E-state index contributed by atoms with van der Waals surface area (Å²) in [5.41, 5.74) is -0.0613. The van der Waals surface area contributed by atoms with Gasteiger partial charge in [-0.05, 0) is 36.4 Å². The number of thiophene rings is 1. The van der Waals surface area contributed by atoms with Crippen molar-refractivity contribution in [3.05, 3.63) is 52.5 Å². The molecule has 5 nitrogen and oxygen atoms in total. The van der Waals surface area contributed by atoms with E-state index in [9.17, 15) is 17.6 Å². The van der Waals surface area contributed by atoms with Gasteiger partial charge in [0.2, 0.25) is 15.9 Å². The summed E-state index contributed by atoms with van der Waals surface area (Å²) in [5.74, 6) is -1.27. The number of nitrogens with one attached hydrogen (secondary N) is 2. The van der Waals surface area contributed by atoms with Crippen molar-refractivity contribution in [2.75, 3.05) is 13.1 Å². The van der Waals surface area contributed by atoms with Gasteiger partial charge in [0.05, 0.1) is 6.54 Å². The predicted octanol–water partition coefficient (Wildman–Crippen LogP) is 2.79. The van der Waals surface area contributed by atoms with Crippen LogP contribution in [0.3, 0.4) is 0 Å². The summed E-state index contributed by atoms with van der Waals surface area (Å²) in [6.45, 7) is 0.0605. The Morgan fingerprint density at radius 3 is 2.54 bits per heavy atom. The quantitative estimate of drug-likeness (QED) is 0.756. The van der Waals surface area contributed by atoms with Crippen molar-refractivity contribution >= 4 is 27.3 Å². The maximum Gasteiger partial charge on any atom is 0.243 e. The van der Waals surface area contributed by atoms with Crippen LogP contribution in [0.4, 0.5) is 4.39 Å². The van der Waals surface area contributed by atoms with Gasteiger partial charge in [-0.15, -0.1) is 11.3 Å². The topological polar surface area (TPSA) is 75.3 Å². The summed E-state index contributed by atoms with van der Waals surface area (Å²) in [5, 5.41) is 4.87. The minimum absolute atomic E-state index is 0.0613. The number of rotatable bonds is 7. The minimum Gasteiger partial charge on any atom is -0.354 e. The summed E-state index contributed by atoms with van der Waals surface area (Å²) in [6, 6.07) is 9.17. The van der Waals surface area contributed by atoms with Crippen molar-refractivity contribution < 1.29 is 17.6 Å². The Morgan fingerprint density at radius 1 is 1.15 bits per heavy atom. The van der Waals surface area contributed by atoms with Crippen LogP contribution in [0.25, 0.3) is 0 Å². The average molecular weight is 397 g/mol. The van der Waals surface area contributed by atoms with Crippen LogP contribution in [0.5, 0.6) is 0 Å². The molecular formula is C18H21FN2O3S2. The molecule has 26 heavy (non-hydrogen) atoms. The molecule has 1 saturated carbocycles. The number of carbonyl (C=O) groups is 1. The smallest absolute Gasteiger partial charge is 0.243 e. The lowest BCUT2D eigenvalue weighted by molar-refractivity contribution is -0.120. The minimum atomic E-state index is -4.07. The van der Waals surface area contributed by atoms with Gasteiger partial charge in [-0.3, -0.25) is 4.79 Å². The van der Waals surface area contributed by atoms with Crippen molar-refractivity contribution in [2.24, 2.45) is 0 Å². The Balaban J connectivity index is 1.58. The largest absolute Gasteiger partial charge is 0.354 e. The third-order valence-electron chi connectivity index (χ3n) is 4.78. The molecule has 1 aliphatic carbocycles. The number of benzene rings is 1. The summed E-state index contributed by atoms with van der Waals surface area (Å²) in [6.07, 6.45) is 4.25. The van der Waals surface area contributed by atoms with E-state index in [1.807, 2.05) is 11.4 Å². The maximum atomic E-state index is 13.7. The van der Waals surface area contributed by atoms with Gasteiger partial charge in [-0.1, -0.05) is 31.0 Å². The maximum absolute atomic E-state index is 13.7. The third kappa shape index (κ3) is 4.13. The first-order valence-electron chi connectivity index (χ1n) is 8.48. The zero-order chi connectivity index (χ0) is 18.6. The van der Waals surface area contributed by atoms with Crippen LogP contribution >= 0.6 is 11.3 Å². The Morgan fingerprint density at radius 2 is 1.88 bits per heavy atom. The average Bonchev–Trinajstić information content (AvgIpc) is 3.30. The number of sulfonamides is 1. The molecule has 2 N–H and O–H groups in total. The number of hydrogen-bond acceptors (Lipinski definition) is 4. The van der Waals surface area contributed by atoms with Crippen molar-refractivity contribution in [3.63, 3.8) is 0 Å². The highest BCUT2D eigenvalue weighted by Gasteiger charge is 2.36. The van der Waals surface area contributed by atoms with Gasteiger partial charge in [-0.2, -0.15) is 0 Å². The monoisotopic (exact) mass is 396 g/mol. The van der Waals surface area contributed by atoms with Crippen LogP contribution in [0.1, 0.15) is 30.6 Å². The summed E-state index contributed by atoms with van der Waals surface area (Å²) in [4.78, 5) is 12.9. The van der Waals surface area contributed by atoms with E-state index in [4.69, 9.17) is 0 Å². The first-order chi connectivity index (χ1) is 12.4. The standard InChI is InChI=1S/C18H21FN2O3S2/c19-14-6-1-2-7-15(14)26(23,24)21-12-17(22)20-13-18(9-3-4-10-18)16-8-5-11-25-16/h1-2,5-8,11,21H,3-4,9-10,12-13H2,(H,20,22). The molecule has 0 atom stereocenters. The second kappa shape index (κ2) is 7.85. The molecule has 0 spiro atoms. The van der Waals surface area contributed by atoms with Gasteiger partial charge in [0.1, 0.15) is 10.7 Å². The van der Waals surface area contributed by atoms with E-state index < -0.39 is 33.2 Å². The first kappa shape index (κ1) is 19.0. The second-order valence-electron chi connectivity index (χ2n) is 6.50. The highest BCUT2D eigenvalue weighted by Crippen LogP contribution is 2.42. The van der Waals surface area contributed by atoms with Crippen molar-refractivity contribution in [1.29, 1.82) is 0 Å². The summed E-state index contributed by atoms with van der Waals surface area (Å²) in [7, 11) is -4.07. The second-order valence-corrected chi connectivity index (χ2v) is 9.18. The van der Waals surface area contributed by atoms with E-state index in [1.165, 1.54) is 23.1 Å². The van der Waals surface area contributed by atoms with E-state index in [-0.39, 0.29) is 5.41 Å².